The maximum Gasteiger partial charge on any atom is 0.258 e. The van der Waals surface area contributed by atoms with Gasteiger partial charge < -0.3 is 9.64 Å². The molecule has 0 aliphatic rings. The van der Waals surface area contributed by atoms with Crippen LogP contribution in [0.3, 0.4) is 0 Å². The lowest BCUT2D eigenvalue weighted by Crippen LogP contribution is -2.27. The Labute approximate surface area is 187 Å². The Bertz CT molecular complexity index is 1130. The van der Waals surface area contributed by atoms with Crippen molar-refractivity contribution in [1.82, 2.24) is 19.9 Å². The zero-order chi connectivity index (χ0) is 23.1. The molecule has 6 nitrogen and oxygen atoms in total. The molecule has 0 atom stereocenters. The van der Waals surface area contributed by atoms with Crippen molar-refractivity contribution in [2.45, 2.75) is 26.7 Å². The number of halogens is 1. The van der Waals surface area contributed by atoms with Gasteiger partial charge in [-0.15, -0.1) is 0 Å². The Hall–Kier alpha value is -3.87. The normalized spacial score (nSPS) is 11.2. The van der Waals surface area contributed by atoms with Crippen LogP contribution in [0.5, 0.6) is 5.88 Å². The molecular formula is C25H25FN4O2. The predicted octanol–water partition coefficient (Wildman–Crippen LogP) is 5.33. The Kier molecular flexibility index (Phi) is 7.44. The largest absolute Gasteiger partial charge is 0.446 e. The second-order valence-corrected chi connectivity index (χ2v) is 7.31. The molecule has 0 N–H and O–H groups in total. The van der Waals surface area contributed by atoms with Crippen molar-refractivity contribution in [3.05, 3.63) is 96.3 Å². The number of allylic oxidation sites excluding steroid dienone is 1. The highest BCUT2D eigenvalue weighted by Gasteiger charge is 2.21. The van der Waals surface area contributed by atoms with Crippen molar-refractivity contribution in [3.63, 3.8) is 0 Å². The number of nitrogens with zero attached hydrogens (tertiary/aromatic N) is 4. The van der Waals surface area contributed by atoms with Crippen LogP contribution in [0.15, 0.2) is 79.4 Å². The molecular weight excluding hydrogens is 407 g/mol. The molecule has 2 heterocycles. The van der Waals surface area contributed by atoms with E-state index in [1.165, 1.54) is 29.6 Å². The van der Waals surface area contributed by atoms with E-state index >= 15 is 0 Å². The molecule has 32 heavy (non-hydrogen) atoms. The standard InChI is InChI=1S/C25H25FN4O2/c1-5-6-19(15-32-24-10-8-21(26)14-29-24)18(3)30(4)25(31)23-11-17(2)7-9-22(23)20-12-27-16-28-13-20/h7-16H,3,5-6H2,1-2,4H3/b19-15+. The number of hydrogen-bond acceptors (Lipinski definition) is 5. The number of hydrogen-bond donors (Lipinski definition) is 0. The zero-order valence-electron chi connectivity index (χ0n) is 18.4. The fourth-order valence-electron chi connectivity index (χ4n) is 3.15. The van der Waals surface area contributed by atoms with Gasteiger partial charge >= 0.3 is 0 Å². The molecule has 0 unspecified atom stereocenters. The number of likely N-dealkylation sites (N-methyl/N-ethyl adjacent to an activating group) is 1. The highest BCUT2D eigenvalue weighted by molar-refractivity contribution is 6.01. The van der Waals surface area contributed by atoms with E-state index in [0.717, 1.165) is 34.9 Å². The molecule has 3 rings (SSSR count). The highest BCUT2D eigenvalue weighted by atomic mass is 19.1. The second-order valence-electron chi connectivity index (χ2n) is 7.31. The van der Waals surface area contributed by atoms with Crippen molar-refractivity contribution >= 4 is 5.91 Å². The van der Waals surface area contributed by atoms with E-state index in [1.54, 1.807) is 19.4 Å². The molecule has 0 spiro atoms. The zero-order valence-corrected chi connectivity index (χ0v) is 18.4. The topological polar surface area (TPSA) is 68.2 Å². The fraction of sp³-hybridized carbons (Fsp3) is 0.200. The Balaban J connectivity index is 1.88. The summed E-state index contributed by atoms with van der Waals surface area (Å²) in [5.74, 6) is -0.395. The minimum atomic E-state index is -0.442. The molecule has 0 saturated heterocycles. The molecule has 7 heteroatoms. The van der Waals surface area contributed by atoms with E-state index in [9.17, 15) is 9.18 Å². The maximum absolute atomic E-state index is 13.5. The van der Waals surface area contributed by atoms with E-state index in [2.05, 4.69) is 21.5 Å². The molecule has 1 aromatic carbocycles. The lowest BCUT2D eigenvalue weighted by atomic mass is 9.98. The molecule has 0 fully saturated rings. The number of carbonyl (C=O) groups is 1. The van der Waals surface area contributed by atoms with E-state index in [4.69, 9.17) is 4.74 Å². The number of carbonyl (C=O) groups excluding carboxylic acids is 1. The van der Waals surface area contributed by atoms with Gasteiger partial charge in [-0.25, -0.2) is 19.3 Å². The van der Waals surface area contributed by atoms with Gasteiger partial charge in [-0.2, -0.15) is 0 Å². The van der Waals surface area contributed by atoms with Crippen molar-refractivity contribution < 1.29 is 13.9 Å². The number of amides is 1. The first-order valence-electron chi connectivity index (χ1n) is 10.2. The number of pyridine rings is 1. The van der Waals surface area contributed by atoms with Gasteiger partial charge in [0.2, 0.25) is 5.88 Å². The smallest absolute Gasteiger partial charge is 0.258 e. The third-order valence-electron chi connectivity index (χ3n) is 4.90. The molecule has 3 aromatic rings. The molecule has 0 radical (unpaired) electrons. The molecule has 2 aromatic heterocycles. The van der Waals surface area contributed by atoms with Gasteiger partial charge in [-0.1, -0.05) is 37.6 Å². The Morgan fingerprint density at radius 1 is 1.19 bits per heavy atom. The third-order valence-corrected chi connectivity index (χ3v) is 4.90. The number of ether oxygens (including phenoxy) is 1. The summed E-state index contributed by atoms with van der Waals surface area (Å²) < 4.78 is 18.7. The van der Waals surface area contributed by atoms with Gasteiger partial charge in [-0.05, 0) is 31.0 Å². The van der Waals surface area contributed by atoms with E-state index < -0.39 is 5.82 Å². The van der Waals surface area contributed by atoms with Crippen LogP contribution in [0.2, 0.25) is 0 Å². The van der Waals surface area contributed by atoms with Gasteiger partial charge in [0.25, 0.3) is 5.91 Å². The average Bonchev–Trinajstić information content (AvgIpc) is 2.82. The highest BCUT2D eigenvalue weighted by Crippen LogP contribution is 2.27. The second kappa shape index (κ2) is 10.4. The van der Waals surface area contributed by atoms with Gasteiger partial charge in [0.1, 0.15) is 12.1 Å². The van der Waals surface area contributed by atoms with Gasteiger partial charge in [-0.3, -0.25) is 4.79 Å². The number of aryl methyl sites for hydroxylation is 1. The van der Waals surface area contributed by atoms with Gasteiger partial charge in [0.15, 0.2) is 0 Å². The molecule has 1 amide bonds. The minimum absolute atomic E-state index is 0.209. The fourth-order valence-corrected chi connectivity index (χ4v) is 3.15. The monoisotopic (exact) mass is 432 g/mol. The van der Waals surface area contributed by atoms with E-state index in [-0.39, 0.29) is 11.8 Å². The van der Waals surface area contributed by atoms with Crippen LogP contribution in [-0.4, -0.2) is 32.8 Å². The summed E-state index contributed by atoms with van der Waals surface area (Å²) in [7, 11) is 1.68. The van der Waals surface area contributed by atoms with Crippen LogP contribution in [-0.2, 0) is 0 Å². The SMILES string of the molecule is C=C(/C(=C/Oc1ccc(F)cn1)CCC)N(C)C(=O)c1cc(C)ccc1-c1cncnc1. The van der Waals surface area contributed by atoms with E-state index in [1.807, 2.05) is 32.0 Å². The Morgan fingerprint density at radius 2 is 1.94 bits per heavy atom. The van der Waals surface area contributed by atoms with Crippen molar-refractivity contribution in [3.8, 4) is 17.0 Å². The number of aromatic nitrogens is 3. The minimum Gasteiger partial charge on any atom is -0.446 e. The summed E-state index contributed by atoms with van der Waals surface area (Å²) in [6.07, 6.45) is 8.86. The summed E-state index contributed by atoms with van der Waals surface area (Å²) in [5.41, 5.74) is 4.24. The van der Waals surface area contributed by atoms with Crippen molar-refractivity contribution in [2.24, 2.45) is 0 Å². The Morgan fingerprint density at radius 3 is 2.59 bits per heavy atom. The van der Waals surface area contributed by atoms with Crippen LogP contribution in [0.25, 0.3) is 11.1 Å². The first-order valence-corrected chi connectivity index (χ1v) is 10.2. The van der Waals surface area contributed by atoms with Crippen molar-refractivity contribution in [1.29, 1.82) is 0 Å². The average molecular weight is 432 g/mol. The van der Waals surface area contributed by atoms with Gasteiger partial charge in [0, 0.05) is 47.9 Å². The molecule has 0 bridgehead atoms. The lowest BCUT2D eigenvalue weighted by Gasteiger charge is -2.23. The number of rotatable bonds is 8. The summed E-state index contributed by atoms with van der Waals surface area (Å²) in [5, 5.41) is 0. The summed E-state index contributed by atoms with van der Waals surface area (Å²) in [6.45, 7) is 8.08. The molecule has 0 aliphatic carbocycles. The van der Waals surface area contributed by atoms with Crippen LogP contribution in [0, 0.1) is 12.7 Å². The first kappa shape index (κ1) is 22.8. The maximum atomic E-state index is 13.5. The van der Waals surface area contributed by atoms with Crippen LogP contribution >= 0.6 is 0 Å². The number of benzene rings is 1. The van der Waals surface area contributed by atoms with Crippen LogP contribution in [0.4, 0.5) is 4.39 Å². The predicted molar refractivity (Wildman–Crippen MR) is 121 cm³/mol. The van der Waals surface area contributed by atoms with E-state index in [0.29, 0.717) is 17.7 Å². The molecule has 164 valence electrons. The summed E-state index contributed by atoms with van der Waals surface area (Å²) in [4.78, 5) is 27.0. The molecule has 0 saturated carbocycles. The lowest BCUT2D eigenvalue weighted by molar-refractivity contribution is 0.0839. The van der Waals surface area contributed by atoms with Crippen molar-refractivity contribution in [2.75, 3.05) is 7.05 Å². The quantitative estimate of drug-likeness (QED) is 0.355. The first-order chi connectivity index (χ1) is 15.4. The summed E-state index contributed by atoms with van der Waals surface area (Å²) >= 11 is 0. The third kappa shape index (κ3) is 5.43. The van der Waals surface area contributed by atoms with Gasteiger partial charge in [0.05, 0.1) is 12.5 Å². The van der Waals surface area contributed by atoms with Crippen LogP contribution < -0.4 is 4.74 Å². The summed E-state index contributed by atoms with van der Waals surface area (Å²) in [6, 6.07) is 8.39. The molecule has 0 aliphatic heterocycles. The van der Waals surface area contributed by atoms with Crippen LogP contribution in [0.1, 0.15) is 35.7 Å².